The predicted molar refractivity (Wildman–Crippen MR) is 78.9 cm³/mol. The maximum Gasteiger partial charge on any atom is 0.123 e. The number of rotatable bonds is 5. The van der Waals surface area contributed by atoms with E-state index in [9.17, 15) is 4.39 Å². The molecule has 1 aromatic rings. The summed E-state index contributed by atoms with van der Waals surface area (Å²) >= 11 is 0. The molecule has 1 saturated carbocycles. The molecule has 2 N–H and O–H groups in total. The maximum atomic E-state index is 13.0. The number of methoxy groups -OCH3 is 1. The van der Waals surface area contributed by atoms with Crippen LogP contribution in [0, 0.1) is 5.82 Å². The van der Waals surface area contributed by atoms with Crippen molar-refractivity contribution in [3.63, 3.8) is 0 Å². The Kier molecular flexibility index (Phi) is 5.13. The summed E-state index contributed by atoms with van der Waals surface area (Å²) in [6.07, 6.45) is 4.67. The summed E-state index contributed by atoms with van der Waals surface area (Å²) in [5.74, 6) is -0.197. The minimum absolute atomic E-state index is 0.110. The largest absolute Gasteiger partial charge is 0.379 e. The number of ether oxygens (including phenoxy) is 1. The van der Waals surface area contributed by atoms with Crippen LogP contribution in [0.5, 0.6) is 0 Å². The number of benzene rings is 1. The minimum Gasteiger partial charge on any atom is -0.379 e. The molecule has 1 fully saturated rings. The van der Waals surface area contributed by atoms with E-state index in [4.69, 9.17) is 10.5 Å². The number of hydrogen-bond acceptors (Lipinski definition) is 3. The zero-order valence-electron chi connectivity index (χ0n) is 12.4. The van der Waals surface area contributed by atoms with Crippen molar-refractivity contribution in [2.24, 2.45) is 5.73 Å². The van der Waals surface area contributed by atoms with Crippen LogP contribution < -0.4 is 5.73 Å². The van der Waals surface area contributed by atoms with Gasteiger partial charge in [0.25, 0.3) is 0 Å². The van der Waals surface area contributed by atoms with Crippen LogP contribution in [0.4, 0.5) is 4.39 Å². The first-order chi connectivity index (χ1) is 9.62. The molecule has 0 saturated heterocycles. The second-order valence-corrected chi connectivity index (χ2v) is 5.76. The second kappa shape index (κ2) is 6.66. The Bertz CT molecular complexity index is 423. The van der Waals surface area contributed by atoms with Gasteiger partial charge in [0.05, 0.1) is 11.6 Å². The zero-order valence-corrected chi connectivity index (χ0v) is 12.4. The van der Waals surface area contributed by atoms with Crippen LogP contribution in [0.2, 0.25) is 0 Å². The van der Waals surface area contributed by atoms with Gasteiger partial charge in [0.2, 0.25) is 0 Å². The monoisotopic (exact) mass is 280 g/mol. The van der Waals surface area contributed by atoms with Crippen LogP contribution in [0.1, 0.15) is 31.2 Å². The highest BCUT2D eigenvalue weighted by molar-refractivity contribution is 5.17. The van der Waals surface area contributed by atoms with Crippen molar-refractivity contribution in [3.8, 4) is 0 Å². The number of nitrogens with zero attached hydrogens (tertiary/aromatic N) is 1. The van der Waals surface area contributed by atoms with Crippen LogP contribution in [-0.4, -0.2) is 37.2 Å². The van der Waals surface area contributed by atoms with Crippen molar-refractivity contribution in [2.45, 2.75) is 43.9 Å². The Morgan fingerprint density at radius 2 is 2.05 bits per heavy atom. The van der Waals surface area contributed by atoms with E-state index in [0.29, 0.717) is 6.54 Å². The van der Waals surface area contributed by atoms with Crippen molar-refractivity contribution in [3.05, 3.63) is 35.6 Å². The molecule has 1 aromatic carbocycles. The maximum absolute atomic E-state index is 13.0. The highest BCUT2D eigenvalue weighted by Gasteiger charge is 2.43. The number of halogens is 1. The third-order valence-corrected chi connectivity index (χ3v) is 4.66. The van der Waals surface area contributed by atoms with E-state index in [1.165, 1.54) is 25.0 Å². The molecule has 4 heteroatoms. The molecule has 20 heavy (non-hydrogen) atoms. The first kappa shape index (κ1) is 15.4. The van der Waals surface area contributed by atoms with Crippen LogP contribution in [0.15, 0.2) is 24.3 Å². The fourth-order valence-electron chi connectivity index (χ4n) is 3.37. The Morgan fingerprint density at radius 3 is 2.65 bits per heavy atom. The molecule has 0 spiro atoms. The summed E-state index contributed by atoms with van der Waals surface area (Å²) in [4.78, 5) is 2.29. The summed E-state index contributed by atoms with van der Waals surface area (Å²) < 4.78 is 18.7. The lowest BCUT2D eigenvalue weighted by Gasteiger charge is -2.48. The molecule has 0 heterocycles. The molecule has 0 radical (unpaired) electrons. The van der Waals surface area contributed by atoms with Crippen molar-refractivity contribution in [1.29, 1.82) is 0 Å². The lowest BCUT2D eigenvalue weighted by atomic mass is 9.77. The normalized spacial score (nSPS) is 26.9. The van der Waals surface area contributed by atoms with E-state index in [-0.39, 0.29) is 17.5 Å². The lowest BCUT2D eigenvalue weighted by molar-refractivity contribution is -0.0688. The number of likely N-dealkylation sites (N-methyl/N-ethyl adjacent to an activating group) is 1. The molecule has 2 unspecified atom stereocenters. The smallest absolute Gasteiger partial charge is 0.123 e. The molecular weight excluding hydrogens is 255 g/mol. The summed E-state index contributed by atoms with van der Waals surface area (Å²) in [6, 6.07) is 6.68. The van der Waals surface area contributed by atoms with Gasteiger partial charge in [-0.15, -0.1) is 0 Å². The van der Waals surface area contributed by atoms with Gasteiger partial charge < -0.3 is 10.5 Å². The topological polar surface area (TPSA) is 38.5 Å². The van der Waals surface area contributed by atoms with Gasteiger partial charge in [-0.3, -0.25) is 4.90 Å². The van der Waals surface area contributed by atoms with Gasteiger partial charge >= 0.3 is 0 Å². The van der Waals surface area contributed by atoms with Crippen molar-refractivity contribution in [2.75, 3.05) is 20.7 Å². The van der Waals surface area contributed by atoms with Gasteiger partial charge in [0.15, 0.2) is 0 Å². The van der Waals surface area contributed by atoms with Gasteiger partial charge in [-0.05, 0) is 37.6 Å². The number of nitrogens with two attached hydrogens (primary N) is 1. The Morgan fingerprint density at radius 1 is 1.35 bits per heavy atom. The standard InChI is InChI=1S/C16H25FN2O/c1-19(11-13-6-8-14(17)9-7-13)16(12-18)10-4-3-5-15(16)20-2/h6-9,15H,3-5,10-12,18H2,1-2H3. The predicted octanol–water partition coefficient (Wildman–Crippen LogP) is 2.54. The Labute approximate surface area is 120 Å². The van der Waals surface area contributed by atoms with Gasteiger partial charge in [0, 0.05) is 20.2 Å². The highest BCUT2D eigenvalue weighted by Crippen LogP contribution is 2.35. The molecule has 0 bridgehead atoms. The molecule has 3 nitrogen and oxygen atoms in total. The third kappa shape index (κ3) is 3.03. The summed E-state index contributed by atoms with van der Waals surface area (Å²) in [6.45, 7) is 1.35. The quantitative estimate of drug-likeness (QED) is 0.901. The number of hydrogen-bond donors (Lipinski definition) is 1. The van der Waals surface area contributed by atoms with Gasteiger partial charge in [-0.1, -0.05) is 25.0 Å². The Hall–Kier alpha value is -0.970. The summed E-state index contributed by atoms with van der Waals surface area (Å²) in [7, 11) is 3.86. The lowest BCUT2D eigenvalue weighted by Crippen LogP contribution is -2.61. The molecular formula is C16H25FN2O. The molecule has 1 aliphatic carbocycles. The molecule has 2 atom stereocenters. The fourth-order valence-corrected chi connectivity index (χ4v) is 3.37. The van der Waals surface area contributed by atoms with Gasteiger partial charge in [-0.2, -0.15) is 0 Å². The third-order valence-electron chi connectivity index (χ3n) is 4.66. The van der Waals surface area contributed by atoms with E-state index in [2.05, 4.69) is 11.9 Å². The zero-order chi connectivity index (χ0) is 14.6. The summed E-state index contributed by atoms with van der Waals surface area (Å²) in [5, 5.41) is 0. The van der Waals surface area contributed by atoms with Crippen LogP contribution in [0.25, 0.3) is 0 Å². The average molecular weight is 280 g/mol. The second-order valence-electron chi connectivity index (χ2n) is 5.76. The van der Waals surface area contributed by atoms with E-state index in [0.717, 1.165) is 24.9 Å². The van der Waals surface area contributed by atoms with Crippen molar-refractivity contribution >= 4 is 0 Å². The Balaban J connectivity index is 2.15. The van der Waals surface area contributed by atoms with E-state index >= 15 is 0 Å². The van der Waals surface area contributed by atoms with E-state index in [1.54, 1.807) is 7.11 Å². The SMILES string of the molecule is COC1CCCCC1(CN)N(C)Cc1ccc(F)cc1. The fraction of sp³-hybridized carbons (Fsp3) is 0.625. The average Bonchev–Trinajstić information content (AvgIpc) is 2.49. The van der Waals surface area contributed by atoms with E-state index in [1.807, 2.05) is 12.1 Å². The molecule has 112 valence electrons. The van der Waals surface area contributed by atoms with Crippen LogP contribution in [-0.2, 0) is 11.3 Å². The molecule has 0 aromatic heterocycles. The van der Waals surface area contributed by atoms with Crippen molar-refractivity contribution < 1.29 is 9.13 Å². The van der Waals surface area contributed by atoms with Crippen LogP contribution in [0.3, 0.4) is 0 Å². The highest BCUT2D eigenvalue weighted by atomic mass is 19.1. The minimum atomic E-state index is -0.197. The van der Waals surface area contributed by atoms with Gasteiger partial charge in [0.1, 0.15) is 5.82 Å². The molecule has 1 aliphatic rings. The first-order valence-corrected chi connectivity index (χ1v) is 7.31. The summed E-state index contributed by atoms with van der Waals surface area (Å²) in [5.41, 5.74) is 7.09. The molecule has 0 amide bonds. The van der Waals surface area contributed by atoms with E-state index < -0.39 is 0 Å². The van der Waals surface area contributed by atoms with Crippen LogP contribution >= 0.6 is 0 Å². The first-order valence-electron chi connectivity index (χ1n) is 7.31. The van der Waals surface area contributed by atoms with Crippen molar-refractivity contribution in [1.82, 2.24) is 4.90 Å². The van der Waals surface area contributed by atoms with Gasteiger partial charge in [-0.25, -0.2) is 4.39 Å². The molecule has 2 rings (SSSR count). The molecule has 0 aliphatic heterocycles.